The molecule has 0 amide bonds. The molecule has 0 saturated heterocycles. The van der Waals surface area contributed by atoms with Crippen LogP contribution in [0.3, 0.4) is 0 Å². The molecule has 0 aliphatic rings. The van der Waals surface area contributed by atoms with Gasteiger partial charge in [0.15, 0.2) is 5.69 Å². The highest BCUT2D eigenvalue weighted by Gasteiger charge is 2.38. The zero-order valence-corrected chi connectivity index (χ0v) is 10.8. The van der Waals surface area contributed by atoms with E-state index in [1.54, 1.807) is 12.3 Å². The van der Waals surface area contributed by atoms with E-state index in [0.717, 1.165) is 0 Å². The van der Waals surface area contributed by atoms with Gasteiger partial charge in [0.25, 0.3) is 0 Å². The topological polar surface area (TPSA) is 3.88 Å². The molecule has 1 aromatic carbocycles. The first-order valence-corrected chi connectivity index (χ1v) is 6.27. The normalized spacial score (nSPS) is 12.8. The summed E-state index contributed by atoms with van der Waals surface area (Å²) in [6, 6.07) is 1.52. The van der Waals surface area contributed by atoms with Gasteiger partial charge in [-0.15, -0.1) is 0 Å². The highest BCUT2D eigenvalue weighted by molar-refractivity contribution is 7.07. The maximum atomic E-state index is 12.7. The van der Waals surface area contributed by atoms with Gasteiger partial charge in [-0.1, -0.05) is 11.3 Å². The number of hydrogen-bond donors (Lipinski definition) is 0. The Morgan fingerprint density at radius 1 is 0.900 bits per heavy atom. The van der Waals surface area contributed by atoms with Gasteiger partial charge in [-0.3, -0.25) is 0 Å². The number of aryl methyl sites for hydroxylation is 1. The molecular formula is C12H8F6NS+. The number of rotatable bonds is 1. The highest BCUT2D eigenvalue weighted by Crippen LogP contribution is 2.36. The van der Waals surface area contributed by atoms with Crippen molar-refractivity contribution in [2.24, 2.45) is 0 Å². The van der Waals surface area contributed by atoms with Crippen LogP contribution < -0.4 is 4.57 Å². The van der Waals surface area contributed by atoms with E-state index in [1.807, 2.05) is 0 Å². The summed E-state index contributed by atoms with van der Waals surface area (Å²) in [5.41, 5.74) is -0.792. The second kappa shape index (κ2) is 4.76. The first kappa shape index (κ1) is 14.8. The minimum atomic E-state index is -4.83. The number of halogens is 6. The van der Waals surface area contributed by atoms with E-state index in [1.165, 1.54) is 21.4 Å². The Hall–Kier alpha value is -1.57. The molecule has 2 rings (SSSR count). The molecule has 0 saturated carbocycles. The van der Waals surface area contributed by atoms with Gasteiger partial charge in [0, 0.05) is 19.1 Å². The van der Waals surface area contributed by atoms with Crippen LogP contribution >= 0.6 is 11.3 Å². The Bertz CT molecular complexity index is 593. The van der Waals surface area contributed by atoms with Gasteiger partial charge >= 0.3 is 12.4 Å². The fourth-order valence-electron chi connectivity index (χ4n) is 1.67. The van der Waals surface area contributed by atoms with Crippen LogP contribution in [0, 0.1) is 6.92 Å². The molecule has 2 aromatic rings. The number of thiazole rings is 1. The molecule has 20 heavy (non-hydrogen) atoms. The van der Waals surface area contributed by atoms with E-state index in [2.05, 4.69) is 0 Å². The molecule has 0 spiro atoms. The Labute approximate surface area is 114 Å². The zero-order chi connectivity index (χ0) is 15.1. The predicted molar refractivity (Wildman–Crippen MR) is 60.6 cm³/mol. The van der Waals surface area contributed by atoms with Crippen molar-refractivity contribution in [3.63, 3.8) is 0 Å². The fraction of sp³-hybridized carbons (Fsp3) is 0.250. The molecule has 8 heteroatoms. The molecule has 0 radical (unpaired) electrons. The second-order valence-electron chi connectivity index (χ2n) is 4.13. The first-order valence-electron chi connectivity index (χ1n) is 5.33. The molecule has 0 unspecified atom stereocenters. The predicted octanol–water partition coefficient (Wildman–Crippen LogP) is 4.37. The zero-order valence-electron chi connectivity index (χ0n) is 10.0. The molecule has 0 aliphatic carbocycles. The van der Waals surface area contributed by atoms with E-state index in [-0.39, 0.29) is 11.8 Å². The van der Waals surface area contributed by atoms with Crippen molar-refractivity contribution >= 4 is 11.3 Å². The summed E-state index contributed by atoms with van der Waals surface area (Å²) in [5.74, 6) is 0. The third-order valence-electron chi connectivity index (χ3n) is 2.64. The second-order valence-corrected chi connectivity index (χ2v) is 4.85. The van der Waals surface area contributed by atoms with E-state index >= 15 is 0 Å². The van der Waals surface area contributed by atoms with Gasteiger partial charge in [0.2, 0.25) is 11.2 Å². The van der Waals surface area contributed by atoms with Crippen molar-refractivity contribution in [3.8, 4) is 5.69 Å². The van der Waals surface area contributed by atoms with E-state index in [9.17, 15) is 26.3 Å². The van der Waals surface area contributed by atoms with Gasteiger partial charge in [-0.2, -0.15) is 30.9 Å². The molecule has 0 atom stereocenters. The summed E-state index contributed by atoms with van der Waals surface area (Å²) in [7, 11) is 0. The summed E-state index contributed by atoms with van der Waals surface area (Å²) >= 11 is 1.19. The Morgan fingerprint density at radius 2 is 1.40 bits per heavy atom. The first-order chi connectivity index (χ1) is 9.09. The summed E-state index contributed by atoms with van der Waals surface area (Å²) in [6.07, 6.45) is -9.67. The van der Waals surface area contributed by atoms with Crippen molar-refractivity contribution < 1.29 is 30.9 Å². The molecule has 0 aliphatic heterocycles. The lowest BCUT2D eigenvalue weighted by molar-refractivity contribution is -0.597. The molecule has 1 nitrogen and oxygen atoms in total. The summed E-state index contributed by atoms with van der Waals surface area (Å²) in [4.78, 5) is 0. The van der Waals surface area contributed by atoms with Crippen LogP contribution in [-0.2, 0) is 12.4 Å². The third-order valence-corrected chi connectivity index (χ3v) is 3.45. The number of aromatic nitrogens is 1. The molecule has 0 fully saturated rings. The van der Waals surface area contributed by atoms with Gasteiger partial charge in [-0.25, -0.2) is 0 Å². The van der Waals surface area contributed by atoms with Gasteiger partial charge in [0.1, 0.15) is 0 Å². The Kier molecular flexibility index (Phi) is 3.53. The largest absolute Gasteiger partial charge is 0.416 e. The molecule has 0 bridgehead atoms. The molecular weight excluding hydrogens is 304 g/mol. The van der Waals surface area contributed by atoms with Crippen molar-refractivity contribution in [1.82, 2.24) is 0 Å². The van der Waals surface area contributed by atoms with Crippen LogP contribution in [0.15, 0.2) is 29.1 Å². The number of benzene rings is 1. The van der Waals surface area contributed by atoms with Crippen molar-refractivity contribution in [1.29, 1.82) is 0 Å². The van der Waals surface area contributed by atoms with Crippen molar-refractivity contribution in [3.05, 3.63) is 45.9 Å². The third kappa shape index (κ3) is 2.95. The Morgan fingerprint density at radius 3 is 1.75 bits per heavy atom. The monoisotopic (exact) mass is 312 g/mol. The molecule has 108 valence electrons. The lowest BCUT2D eigenvalue weighted by Crippen LogP contribution is -2.31. The standard InChI is InChI=1S/C12H8F6NS/c1-7-5-20-6-19(7)10-3-8(11(13,14)15)2-9(4-10)12(16,17)18/h2-6H,1H3/q+1. The molecule has 0 N–H and O–H groups in total. The maximum absolute atomic E-state index is 12.7. The van der Waals surface area contributed by atoms with Crippen molar-refractivity contribution in [2.75, 3.05) is 0 Å². The lowest BCUT2D eigenvalue weighted by Gasteiger charge is -2.11. The molecule has 1 aromatic heterocycles. The van der Waals surface area contributed by atoms with Crippen LogP contribution in [0.4, 0.5) is 26.3 Å². The van der Waals surface area contributed by atoms with E-state index in [0.29, 0.717) is 17.8 Å². The SMILES string of the molecule is Cc1csc[n+]1-c1cc(C(F)(F)F)cc(C(F)(F)F)c1. The Balaban J connectivity index is 2.67. The lowest BCUT2D eigenvalue weighted by atomic mass is 10.1. The number of nitrogens with zero attached hydrogens (tertiary/aromatic N) is 1. The minimum Gasteiger partial charge on any atom is -0.166 e. The highest BCUT2D eigenvalue weighted by atomic mass is 32.1. The smallest absolute Gasteiger partial charge is 0.166 e. The van der Waals surface area contributed by atoms with E-state index in [4.69, 9.17) is 0 Å². The fourth-order valence-corrected chi connectivity index (χ4v) is 2.45. The average Bonchev–Trinajstić information content (AvgIpc) is 2.72. The van der Waals surface area contributed by atoms with Crippen LogP contribution in [-0.4, -0.2) is 0 Å². The number of alkyl halides is 6. The van der Waals surface area contributed by atoms with Crippen LogP contribution in [0.1, 0.15) is 16.8 Å². The quantitative estimate of drug-likeness (QED) is 0.544. The maximum Gasteiger partial charge on any atom is 0.416 e. The summed E-state index contributed by atoms with van der Waals surface area (Å²) in [6.45, 7) is 1.60. The van der Waals surface area contributed by atoms with Gasteiger partial charge in [0.05, 0.1) is 16.5 Å². The van der Waals surface area contributed by atoms with Crippen LogP contribution in [0.2, 0.25) is 0 Å². The van der Waals surface area contributed by atoms with Gasteiger partial charge in [-0.05, 0) is 6.07 Å². The van der Waals surface area contributed by atoms with Crippen LogP contribution in [0.5, 0.6) is 0 Å². The molecule has 1 heterocycles. The van der Waals surface area contributed by atoms with E-state index < -0.39 is 23.5 Å². The minimum absolute atomic E-state index is 0.117. The summed E-state index contributed by atoms with van der Waals surface area (Å²) < 4.78 is 77.5. The summed E-state index contributed by atoms with van der Waals surface area (Å²) in [5, 5.41) is 1.63. The van der Waals surface area contributed by atoms with Gasteiger partial charge < -0.3 is 0 Å². The van der Waals surface area contributed by atoms with Crippen molar-refractivity contribution in [2.45, 2.75) is 19.3 Å². The van der Waals surface area contributed by atoms with Crippen LogP contribution in [0.25, 0.3) is 5.69 Å². The number of hydrogen-bond acceptors (Lipinski definition) is 1. The average molecular weight is 312 g/mol.